The molecule has 1 aromatic carbocycles. The Kier molecular flexibility index (Phi) is 8.09. The quantitative estimate of drug-likeness (QED) is 0.429. The number of carbonyl (C=O) groups is 1. The molecule has 0 saturated carbocycles. The fourth-order valence-corrected chi connectivity index (χ4v) is 4.17. The van der Waals surface area contributed by atoms with Crippen molar-refractivity contribution in [1.82, 2.24) is 10.2 Å². The molecule has 0 aliphatic carbocycles. The Balaban J connectivity index is 1.94. The van der Waals surface area contributed by atoms with Gasteiger partial charge in [0, 0.05) is 19.6 Å². The highest BCUT2D eigenvalue weighted by molar-refractivity contribution is 7.91. The molecule has 1 heterocycles. The molecule has 8 heteroatoms. The minimum atomic E-state index is -3.34. The van der Waals surface area contributed by atoms with Crippen LogP contribution in [0.3, 0.4) is 0 Å². The van der Waals surface area contributed by atoms with Crippen LogP contribution in [0.1, 0.15) is 26.7 Å². The number of ether oxygens (including phenoxy) is 1. The van der Waals surface area contributed by atoms with Gasteiger partial charge in [0.25, 0.3) is 0 Å². The van der Waals surface area contributed by atoms with Gasteiger partial charge >= 0.3 is 5.97 Å². The Labute approximate surface area is 161 Å². The maximum Gasteiger partial charge on any atom is 0.309 e. The van der Waals surface area contributed by atoms with E-state index in [1.807, 2.05) is 13.8 Å². The van der Waals surface area contributed by atoms with Crippen LogP contribution in [-0.2, 0) is 19.4 Å². The maximum atomic E-state index is 12.4. The van der Waals surface area contributed by atoms with Crippen molar-refractivity contribution < 1.29 is 17.9 Å². The molecule has 0 amide bonds. The first-order valence-corrected chi connectivity index (χ1v) is 11.1. The molecule has 1 saturated heterocycles. The number of benzene rings is 1. The highest BCUT2D eigenvalue weighted by Crippen LogP contribution is 2.19. The summed E-state index contributed by atoms with van der Waals surface area (Å²) in [5, 5.41) is 3.21. The predicted molar refractivity (Wildman–Crippen MR) is 105 cm³/mol. The highest BCUT2D eigenvalue weighted by atomic mass is 32.2. The van der Waals surface area contributed by atoms with Crippen molar-refractivity contribution in [3.8, 4) is 0 Å². The summed E-state index contributed by atoms with van der Waals surface area (Å²) in [6, 6.07) is 8.43. The van der Waals surface area contributed by atoms with Gasteiger partial charge in [-0.1, -0.05) is 18.2 Å². The smallest absolute Gasteiger partial charge is 0.309 e. The Hall–Kier alpha value is -2.09. The van der Waals surface area contributed by atoms with E-state index in [1.165, 1.54) is 0 Å². The number of sulfone groups is 1. The number of rotatable bonds is 7. The van der Waals surface area contributed by atoms with Crippen LogP contribution in [0.15, 0.2) is 40.2 Å². The van der Waals surface area contributed by atoms with Crippen LogP contribution in [0.25, 0.3) is 0 Å². The topological polar surface area (TPSA) is 88.1 Å². The third kappa shape index (κ3) is 6.23. The molecule has 0 radical (unpaired) electrons. The third-order valence-electron chi connectivity index (χ3n) is 4.47. The van der Waals surface area contributed by atoms with E-state index >= 15 is 0 Å². The van der Waals surface area contributed by atoms with E-state index in [2.05, 4.69) is 15.2 Å². The number of esters is 1. The van der Waals surface area contributed by atoms with Gasteiger partial charge in [0.1, 0.15) is 0 Å². The minimum absolute atomic E-state index is 0.0365. The van der Waals surface area contributed by atoms with E-state index in [4.69, 9.17) is 4.74 Å². The number of nitrogens with one attached hydrogen (secondary N) is 1. The van der Waals surface area contributed by atoms with Crippen molar-refractivity contribution >= 4 is 21.8 Å². The van der Waals surface area contributed by atoms with E-state index in [0.717, 1.165) is 0 Å². The molecular formula is C19H29N3O4S. The first-order chi connectivity index (χ1) is 13.0. The molecule has 1 aliphatic heterocycles. The fourth-order valence-electron chi connectivity index (χ4n) is 3.03. The number of likely N-dealkylation sites (tertiary alicyclic amines) is 1. The lowest BCUT2D eigenvalue weighted by Gasteiger charge is -2.33. The standard InChI is InChI=1S/C19H29N3O4S/c1-3-20-19(22-13-10-16(11-14-22)18(23)26-4-2)21-12-15-27(24,25)17-8-6-5-7-9-17/h5-9,16H,3-4,10-15H2,1-2H3,(H,20,21). The van der Waals surface area contributed by atoms with E-state index in [0.29, 0.717) is 49.9 Å². The van der Waals surface area contributed by atoms with Crippen molar-refractivity contribution in [3.63, 3.8) is 0 Å². The summed E-state index contributed by atoms with van der Waals surface area (Å²) in [5.74, 6) is 0.462. The molecule has 0 aromatic heterocycles. The molecule has 0 atom stereocenters. The summed E-state index contributed by atoms with van der Waals surface area (Å²) in [7, 11) is -3.34. The molecule has 0 unspecified atom stereocenters. The Morgan fingerprint density at radius 3 is 2.48 bits per heavy atom. The summed E-state index contributed by atoms with van der Waals surface area (Å²) in [4.78, 5) is 18.8. The number of hydrogen-bond acceptors (Lipinski definition) is 5. The van der Waals surface area contributed by atoms with Crippen LogP contribution in [-0.4, -0.2) is 63.8 Å². The number of piperidine rings is 1. The predicted octanol–water partition coefficient (Wildman–Crippen LogP) is 1.70. The molecule has 2 rings (SSSR count). The number of hydrogen-bond donors (Lipinski definition) is 1. The lowest BCUT2D eigenvalue weighted by molar-refractivity contribution is -0.149. The Morgan fingerprint density at radius 2 is 1.89 bits per heavy atom. The van der Waals surface area contributed by atoms with Crippen LogP contribution in [0.4, 0.5) is 0 Å². The second-order valence-corrected chi connectivity index (χ2v) is 8.49. The third-order valence-corrected chi connectivity index (χ3v) is 6.18. The molecule has 7 nitrogen and oxygen atoms in total. The zero-order valence-corrected chi connectivity index (χ0v) is 16.9. The molecule has 0 spiro atoms. The summed E-state index contributed by atoms with van der Waals surface area (Å²) >= 11 is 0. The number of carbonyl (C=O) groups excluding carboxylic acids is 1. The van der Waals surface area contributed by atoms with Gasteiger partial charge < -0.3 is 15.0 Å². The zero-order chi connectivity index (χ0) is 19.7. The van der Waals surface area contributed by atoms with Gasteiger partial charge in [-0.15, -0.1) is 0 Å². The molecule has 150 valence electrons. The van der Waals surface area contributed by atoms with Crippen LogP contribution in [0, 0.1) is 5.92 Å². The second-order valence-electron chi connectivity index (χ2n) is 6.38. The molecule has 1 aromatic rings. The Bertz CT molecular complexity index is 727. The summed E-state index contributed by atoms with van der Waals surface area (Å²) < 4.78 is 29.8. The fraction of sp³-hybridized carbons (Fsp3) is 0.579. The van der Waals surface area contributed by atoms with Crippen LogP contribution < -0.4 is 5.32 Å². The molecular weight excluding hydrogens is 366 g/mol. The average Bonchev–Trinajstić information content (AvgIpc) is 2.68. The van der Waals surface area contributed by atoms with Crippen LogP contribution in [0.5, 0.6) is 0 Å². The SMILES string of the molecule is CCNC(=NCCS(=O)(=O)c1ccccc1)N1CCC(C(=O)OCC)CC1. The van der Waals surface area contributed by atoms with E-state index in [9.17, 15) is 13.2 Å². The van der Waals surface area contributed by atoms with E-state index in [1.54, 1.807) is 30.3 Å². The highest BCUT2D eigenvalue weighted by Gasteiger charge is 2.27. The number of nitrogens with zero attached hydrogens (tertiary/aromatic N) is 2. The first-order valence-electron chi connectivity index (χ1n) is 9.45. The minimum Gasteiger partial charge on any atom is -0.466 e. The Morgan fingerprint density at radius 1 is 1.22 bits per heavy atom. The zero-order valence-electron chi connectivity index (χ0n) is 16.1. The summed E-state index contributed by atoms with van der Waals surface area (Å²) in [6.07, 6.45) is 1.43. The van der Waals surface area contributed by atoms with Gasteiger partial charge in [-0.3, -0.25) is 9.79 Å². The summed E-state index contributed by atoms with van der Waals surface area (Å²) in [5.41, 5.74) is 0. The second kappa shape index (κ2) is 10.3. The van der Waals surface area contributed by atoms with Crippen molar-refractivity contribution in [2.45, 2.75) is 31.6 Å². The van der Waals surface area contributed by atoms with E-state index in [-0.39, 0.29) is 24.2 Å². The normalized spacial score (nSPS) is 16.2. The number of guanidine groups is 1. The molecule has 1 fully saturated rings. The average molecular weight is 396 g/mol. The van der Waals surface area contributed by atoms with Crippen molar-refractivity contribution in [1.29, 1.82) is 0 Å². The van der Waals surface area contributed by atoms with Crippen LogP contribution in [0.2, 0.25) is 0 Å². The van der Waals surface area contributed by atoms with Crippen molar-refractivity contribution in [2.75, 3.05) is 38.5 Å². The first kappa shape index (κ1) is 21.2. The molecule has 1 aliphatic rings. The molecule has 0 bridgehead atoms. The van der Waals surface area contributed by atoms with Gasteiger partial charge in [-0.05, 0) is 38.8 Å². The maximum absolute atomic E-state index is 12.4. The van der Waals surface area contributed by atoms with Crippen molar-refractivity contribution in [3.05, 3.63) is 30.3 Å². The lowest BCUT2D eigenvalue weighted by Crippen LogP contribution is -2.47. The molecule has 1 N–H and O–H groups in total. The van der Waals surface area contributed by atoms with Gasteiger partial charge in [-0.2, -0.15) is 0 Å². The van der Waals surface area contributed by atoms with Crippen LogP contribution >= 0.6 is 0 Å². The van der Waals surface area contributed by atoms with Gasteiger partial charge in [0.05, 0.1) is 29.7 Å². The van der Waals surface area contributed by atoms with E-state index < -0.39 is 9.84 Å². The molecule has 27 heavy (non-hydrogen) atoms. The van der Waals surface area contributed by atoms with Gasteiger partial charge in [-0.25, -0.2) is 8.42 Å². The summed E-state index contributed by atoms with van der Waals surface area (Å²) in [6.45, 7) is 6.47. The lowest BCUT2D eigenvalue weighted by atomic mass is 9.97. The monoisotopic (exact) mass is 395 g/mol. The van der Waals surface area contributed by atoms with Gasteiger partial charge in [0.15, 0.2) is 15.8 Å². The van der Waals surface area contributed by atoms with Crippen molar-refractivity contribution in [2.24, 2.45) is 10.9 Å². The largest absolute Gasteiger partial charge is 0.466 e. The van der Waals surface area contributed by atoms with Gasteiger partial charge in [0.2, 0.25) is 0 Å². The number of aliphatic imine (C=N–C) groups is 1.